The second kappa shape index (κ2) is 13.2. The third-order valence-electron chi connectivity index (χ3n) is 6.87. The molecule has 39 heavy (non-hydrogen) atoms. The molecule has 3 amide bonds. The topological polar surface area (TPSA) is 195 Å². The number of hydrogen-bond donors (Lipinski definition) is 6. The molecule has 1 aliphatic heterocycles. The van der Waals surface area contributed by atoms with Crippen molar-refractivity contribution in [2.45, 2.75) is 76.5 Å². The summed E-state index contributed by atoms with van der Waals surface area (Å²) >= 11 is 0. The van der Waals surface area contributed by atoms with E-state index in [1.54, 1.807) is 6.20 Å². The van der Waals surface area contributed by atoms with E-state index in [-0.39, 0.29) is 24.7 Å². The van der Waals surface area contributed by atoms with E-state index in [0.29, 0.717) is 31.4 Å². The van der Waals surface area contributed by atoms with Crippen LogP contribution < -0.4 is 16.4 Å². The Kier molecular flexibility index (Phi) is 10.0. The van der Waals surface area contributed by atoms with Crippen molar-refractivity contribution in [2.75, 3.05) is 6.54 Å². The smallest absolute Gasteiger partial charge is 0.326 e. The van der Waals surface area contributed by atoms with Crippen LogP contribution in [0.1, 0.15) is 51.5 Å². The van der Waals surface area contributed by atoms with Gasteiger partial charge >= 0.3 is 11.9 Å². The molecule has 2 aromatic rings. The number of nitrogens with one attached hydrogen (secondary N) is 3. The molecule has 1 aliphatic rings. The first kappa shape index (κ1) is 29.6. The second-order valence-corrected chi connectivity index (χ2v) is 10.4. The Hall–Kier alpha value is -3.93. The number of amides is 3. The zero-order chi connectivity index (χ0) is 28.7. The molecule has 212 valence electrons. The van der Waals surface area contributed by atoms with E-state index in [2.05, 4.69) is 15.6 Å². The molecule has 0 aliphatic carbocycles. The molecule has 2 heterocycles. The molecule has 4 atom stereocenters. The monoisotopic (exact) mass is 543 g/mol. The molecule has 1 aromatic carbocycles. The molecule has 7 N–H and O–H groups in total. The Morgan fingerprint density at radius 3 is 2.49 bits per heavy atom. The van der Waals surface area contributed by atoms with Crippen LogP contribution >= 0.6 is 0 Å². The summed E-state index contributed by atoms with van der Waals surface area (Å²) < 4.78 is 0. The van der Waals surface area contributed by atoms with Gasteiger partial charge in [0.2, 0.25) is 17.7 Å². The molecule has 1 saturated heterocycles. The van der Waals surface area contributed by atoms with Gasteiger partial charge in [-0.15, -0.1) is 0 Å². The minimum Gasteiger partial charge on any atom is -0.481 e. The van der Waals surface area contributed by atoms with Crippen molar-refractivity contribution in [2.24, 2.45) is 11.7 Å². The predicted octanol–water partition coefficient (Wildman–Crippen LogP) is 0.994. The largest absolute Gasteiger partial charge is 0.481 e. The maximum Gasteiger partial charge on any atom is 0.326 e. The Bertz CT molecular complexity index is 1210. The first-order valence-corrected chi connectivity index (χ1v) is 13.1. The number of likely N-dealkylation sites (tertiary alicyclic amines) is 1. The van der Waals surface area contributed by atoms with Gasteiger partial charge in [-0.25, -0.2) is 4.79 Å². The maximum absolute atomic E-state index is 13.2. The molecule has 4 unspecified atom stereocenters. The molecule has 0 bridgehead atoms. The lowest BCUT2D eigenvalue weighted by molar-refractivity contribution is -0.143. The summed E-state index contributed by atoms with van der Waals surface area (Å²) in [6.07, 6.45) is 2.38. The fourth-order valence-corrected chi connectivity index (χ4v) is 4.92. The number of H-pyrrole nitrogens is 1. The van der Waals surface area contributed by atoms with Gasteiger partial charge in [-0.05, 0) is 43.2 Å². The summed E-state index contributed by atoms with van der Waals surface area (Å²) in [7, 11) is 0. The highest BCUT2D eigenvalue weighted by molar-refractivity contribution is 5.95. The van der Waals surface area contributed by atoms with Crippen LogP contribution in [-0.2, 0) is 30.4 Å². The van der Waals surface area contributed by atoms with Gasteiger partial charge < -0.3 is 36.5 Å². The van der Waals surface area contributed by atoms with E-state index in [4.69, 9.17) is 5.73 Å². The average Bonchev–Trinajstić information content (AvgIpc) is 3.52. The first-order chi connectivity index (χ1) is 18.5. The van der Waals surface area contributed by atoms with Gasteiger partial charge in [0.1, 0.15) is 18.1 Å². The molecular formula is C27H37N5O7. The number of carboxylic acids is 2. The fraction of sp³-hybridized carbons (Fsp3) is 0.519. The number of benzene rings is 1. The lowest BCUT2D eigenvalue weighted by Crippen LogP contribution is -2.57. The standard InChI is InChI=1S/C27H37N5O7/c1-15(2)12-18(28)26(37)32-11-5-8-22(32)25(36)30-20(9-10-23(33)34)24(35)31-21(27(38)39)13-16-14-29-19-7-4-3-6-17(16)19/h3-4,6-7,14-15,18,20-22,29H,5,8-13,28H2,1-2H3,(H,30,36)(H,31,35)(H,33,34)(H,38,39). The van der Waals surface area contributed by atoms with Crippen LogP contribution in [0.3, 0.4) is 0 Å². The zero-order valence-corrected chi connectivity index (χ0v) is 22.2. The number of fused-ring (bicyclic) bond motifs is 1. The van der Waals surface area contributed by atoms with Crippen molar-refractivity contribution in [1.82, 2.24) is 20.5 Å². The normalized spacial score (nSPS) is 17.5. The van der Waals surface area contributed by atoms with E-state index in [0.717, 1.165) is 10.9 Å². The number of nitrogens with zero attached hydrogens (tertiary/aromatic N) is 1. The quantitative estimate of drug-likeness (QED) is 0.215. The third-order valence-corrected chi connectivity index (χ3v) is 6.87. The number of hydrogen-bond acceptors (Lipinski definition) is 6. The Balaban J connectivity index is 1.72. The summed E-state index contributed by atoms with van der Waals surface area (Å²) in [6.45, 7) is 4.23. The van der Waals surface area contributed by atoms with Crippen LogP contribution in [0.25, 0.3) is 10.9 Å². The SMILES string of the molecule is CC(C)CC(N)C(=O)N1CCCC1C(=O)NC(CCC(=O)O)C(=O)NC(Cc1c[nH]c2ccccc12)C(=O)O. The van der Waals surface area contributed by atoms with Crippen molar-refractivity contribution < 1.29 is 34.2 Å². The first-order valence-electron chi connectivity index (χ1n) is 13.1. The van der Waals surface area contributed by atoms with Crippen molar-refractivity contribution in [3.63, 3.8) is 0 Å². The van der Waals surface area contributed by atoms with Crippen LogP contribution in [0.5, 0.6) is 0 Å². The molecule has 0 radical (unpaired) electrons. The molecule has 1 fully saturated rings. The van der Waals surface area contributed by atoms with Gasteiger partial charge in [0.25, 0.3) is 0 Å². The zero-order valence-electron chi connectivity index (χ0n) is 22.2. The minimum atomic E-state index is -1.32. The number of para-hydroxylation sites is 1. The van der Waals surface area contributed by atoms with Crippen molar-refractivity contribution in [1.29, 1.82) is 0 Å². The van der Waals surface area contributed by atoms with Crippen molar-refractivity contribution >= 4 is 40.6 Å². The minimum absolute atomic E-state index is 0.0245. The molecule has 0 spiro atoms. The number of carboxylic acid groups (broad SMARTS) is 2. The Morgan fingerprint density at radius 1 is 1.10 bits per heavy atom. The number of rotatable bonds is 13. The maximum atomic E-state index is 13.2. The van der Waals surface area contributed by atoms with Gasteiger partial charge in [-0.1, -0.05) is 32.0 Å². The molecular weight excluding hydrogens is 506 g/mol. The lowest BCUT2D eigenvalue weighted by atomic mass is 10.0. The van der Waals surface area contributed by atoms with E-state index in [1.807, 2.05) is 38.1 Å². The predicted molar refractivity (Wildman–Crippen MR) is 143 cm³/mol. The number of nitrogens with two attached hydrogens (primary N) is 1. The van der Waals surface area contributed by atoms with Gasteiger partial charge in [0, 0.05) is 36.5 Å². The summed E-state index contributed by atoms with van der Waals surface area (Å²) in [5.41, 5.74) is 7.55. The number of aromatic amines is 1. The number of carbonyl (C=O) groups is 5. The Labute approximate surface area is 226 Å². The van der Waals surface area contributed by atoms with Crippen LogP contribution in [0, 0.1) is 5.92 Å². The number of carbonyl (C=O) groups excluding carboxylic acids is 3. The summed E-state index contributed by atoms with van der Waals surface area (Å²) in [5, 5.41) is 24.8. The summed E-state index contributed by atoms with van der Waals surface area (Å²) in [6, 6.07) is 3.10. The van der Waals surface area contributed by atoms with E-state index < -0.39 is 54.3 Å². The lowest BCUT2D eigenvalue weighted by Gasteiger charge is -2.29. The number of aromatic nitrogens is 1. The second-order valence-electron chi connectivity index (χ2n) is 10.4. The highest BCUT2D eigenvalue weighted by atomic mass is 16.4. The van der Waals surface area contributed by atoms with Crippen molar-refractivity contribution in [3.05, 3.63) is 36.0 Å². The molecule has 12 nitrogen and oxygen atoms in total. The Morgan fingerprint density at radius 2 is 1.82 bits per heavy atom. The van der Waals surface area contributed by atoms with Crippen molar-refractivity contribution in [3.8, 4) is 0 Å². The summed E-state index contributed by atoms with van der Waals surface area (Å²) in [4.78, 5) is 67.0. The highest BCUT2D eigenvalue weighted by Crippen LogP contribution is 2.21. The van der Waals surface area contributed by atoms with Crippen LogP contribution in [0.2, 0.25) is 0 Å². The van der Waals surface area contributed by atoms with E-state index in [1.165, 1.54) is 4.90 Å². The third kappa shape index (κ3) is 7.79. The van der Waals surface area contributed by atoms with Crippen LogP contribution in [-0.4, -0.2) is 80.5 Å². The molecule has 0 saturated carbocycles. The molecule has 1 aromatic heterocycles. The average molecular weight is 544 g/mol. The van der Waals surface area contributed by atoms with Crippen LogP contribution in [0.4, 0.5) is 0 Å². The number of aliphatic carboxylic acids is 2. The molecule has 12 heteroatoms. The van der Waals surface area contributed by atoms with Gasteiger partial charge in [0.05, 0.1) is 6.04 Å². The summed E-state index contributed by atoms with van der Waals surface area (Å²) in [5.74, 6) is -4.03. The van der Waals surface area contributed by atoms with Gasteiger partial charge in [0.15, 0.2) is 0 Å². The van der Waals surface area contributed by atoms with E-state index in [9.17, 15) is 34.2 Å². The van der Waals surface area contributed by atoms with Gasteiger partial charge in [-0.3, -0.25) is 19.2 Å². The van der Waals surface area contributed by atoms with Crippen LogP contribution in [0.15, 0.2) is 30.5 Å². The van der Waals surface area contributed by atoms with Gasteiger partial charge in [-0.2, -0.15) is 0 Å². The van der Waals surface area contributed by atoms with E-state index >= 15 is 0 Å². The fourth-order valence-electron chi connectivity index (χ4n) is 4.92. The highest BCUT2D eigenvalue weighted by Gasteiger charge is 2.38. The molecule has 3 rings (SSSR count).